The highest BCUT2D eigenvalue weighted by Gasteiger charge is 2.08. The van der Waals surface area contributed by atoms with Crippen LogP contribution in [0, 0.1) is 0 Å². The molecular weight excluding hydrogens is 236 g/mol. The number of carbonyl (C=O) groups is 1. The van der Waals surface area contributed by atoms with Crippen molar-refractivity contribution >= 4 is 38.8 Å². The van der Waals surface area contributed by atoms with Gasteiger partial charge in [-0.1, -0.05) is 58.5 Å². The van der Waals surface area contributed by atoms with E-state index >= 15 is 0 Å². The first kappa shape index (κ1) is 9.55. The smallest absolute Gasteiger partial charge is 0.184 e. The lowest BCUT2D eigenvalue weighted by Gasteiger charge is -1.98. The number of carbonyl (C=O) groups excluding carboxylic acids is 1. The molecule has 0 heterocycles. The Morgan fingerprint density at radius 2 is 1.92 bits per heavy atom. The van der Waals surface area contributed by atoms with Crippen LogP contribution in [0.15, 0.2) is 30.3 Å². The molecule has 1 nitrogen and oxygen atoms in total. The molecule has 0 amide bonds. The summed E-state index contributed by atoms with van der Waals surface area (Å²) >= 11 is 8.04. The molecule has 3 heteroatoms. The van der Waals surface area contributed by atoms with Gasteiger partial charge in [-0.2, -0.15) is 0 Å². The number of thiocarbonyl (C=S) groups is 1. The maximum atomic E-state index is 11.1. The molecule has 0 aliphatic heterocycles. The van der Waals surface area contributed by atoms with Crippen molar-refractivity contribution in [1.29, 1.82) is 0 Å². The molecule has 0 radical (unpaired) electrons. The molecule has 0 atom stereocenters. The van der Waals surface area contributed by atoms with Crippen LogP contribution in [0.4, 0.5) is 0 Å². The second-order valence-electron chi connectivity index (χ2n) is 2.25. The van der Waals surface area contributed by atoms with Crippen LogP contribution in [0.25, 0.3) is 0 Å². The molecule has 0 aliphatic rings. The van der Waals surface area contributed by atoms with Crippen molar-refractivity contribution in [2.75, 3.05) is 5.33 Å². The fourth-order valence-corrected chi connectivity index (χ4v) is 1.49. The lowest BCUT2D eigenvalue weighted by molar-refractivity contribution is -0.110. The van der Waals surface area contributed by atoms with Gasteiger partial charge < -0.3 is 0 Å². The van der Waals surface area contributed by atoms with Crippen LogP contribution >= 0.6 is 28.1 Å². The Labute approximate surface area is 84.9 Å². The minimum Gasteiger partial charge on any atom is -0.292 e. The Kier molecular flexibility index (Phi) is 3.56. The van der Waals surface area contributed by atoms with E-state index in [4.69, 9.17) is 12.2 Å². The van der Waals surface area contributed by atoms with Gasteiger partial charge in [0.25, 0.3) is 0 Å². The molecule has 0 unspecified atom stereocenters. The average Bonchev–Trinajstić information content (AvgIpc) is 2.17. The monoisotopic (exact) mass is 242 g/mol. The van der Waals surface area contributed by atoms with Crippen molar-refractivity contribution < 1.29 is 4.79 Å². The maximum Gasteiger partial charge on any atom is 0.184 e. The van der Waals surface area contributed by atoms with Gasteiger partial charge in [-0.15, -0.1) is 0 Å². The quantitative estimate of drug-likeness (QED) is 0.460. The number of hydrogen-bond acceptors (Lipinski definition) is 2. The summed E-state index contributed by atoms with van der Waals surface area (Å²) in [6.45, 7) is 0. The Hall–Kier alpha value is -0.540. The van der Waals surface area contributed by atoms with Crippen molar-refractivity contribution in [2.24, 2.45) is 0 Å². The molecule has 0 saturated heterocycles. The molecule has 1 aromatic rings. The van der Waals surface area contributed by atoms with Crippen LogP contribution in [0.2, 0.25) is 0 Å². The maximum absolute atomic E-state index is 11.1. The summed E-state index contributed by atoms with van der Waals surface area (Å²) in [4.78, 5) is 11.5. The fraction of sp³-hybridized carbons (Fsp3) is 0.111. The predicted molar refractivity (Wildman–Crippen MR) is 56.9 cm³/mol. The molecule has 0 aromatic heterocycles. The first-order chi connectivity index (χ1) is 5.75. The molecule has 1 aromatic carbocycles. The molecule has 0 N–H and O–H groups in total. The largest absolute Gasteiger partial charge is 0.292 e. The van der Waals surface area contributed by atoms with Crippen molar-refractivity contribution in [3.05, 3.63) is 35.9 Å². The van der Waals surface area contributed by atoms with E-state index in [9.17, 15) is 4.79 Å². The van der Waals surface area contributed by atoms with Crippen molar-refractivity contribution in [2.45, 2.75) is 0 Å². The van der Waals surface area contributed by atoms with Gasteiger partial charge in [0.1, 0.15) is 0 Å². The SMILES string of the molecule is O=C(CBr)C(=S)c1ccccc1. The van der Waals surface area contributed by atoms with Gasteiger partial charge in [-0.25, -0.2) is 0 Å². The zero-order valence-electron chi connectivity index (χ0n) is 6.29. The summed E-state index contributed by atoms with van der Waals surface area (Å²) in [7, 11) is 0. The number of Topliss-reactive ketones (excluding diaryl/α,β-unsaturated/α-hetero) is 1. The minimum atomic E-state index is -0.0452. The summed E-state index contributed by atoms with van der Waals surface area (Å²) < 4.78 is 0. The number of alkyl halides is 1. The second-order valence-corrected chi connectivity index (χ2v) is 3.22. The van der Waals surface area contributed by atoms with E-state index in [1.54, 1.807) is 0 Å². The van der Waals surface area contributed by atoms with Gasteiger partial charge in [-0.3, -0.25) is 4.79 Å². The molecule has 0 saturated carbocycles. The normalized spacial score (nSPS) is 9.42. The highest BCUT2D eigenvalue weighted by atomic mass is 79.9. The van der Waals surface area contributed by atoms with Crippen molar-refractivity contribution in [1.82, 2.24) is 0 Å². The van der Waals surface area contributed by atoms with Gasteiger partial charge in [0.15, 0.2) is 5.78 Å². The van der Waals surface area contributed by atoms with E-state index in [1.165, 1.54) is 0 Å². The summed E-state index contributed by atoms with van der Waals surface area (Å²) in [5.74, 6) is -0.0452. The van der Waals surface area contributed by atoms with E-state index in [-0.39, 0.29) is 5.78 Å². The standard InChI is InChI=1S/C9H7BrOS/c10-6-8(11)9(12)7-4-2-1-3-5-7/h1-5H,6H2. The Morgan fingerprint density at radius 3 is 2.42 bits per heavy atom. The van der Waals surface area contributed by atoms with Gasteiger partial charge in [-0.05, 0) is 5.56 Å². The number of ketones is 1. The molecule has 12 heavy (non-hydrogen) atoms. The second kappa shape index (κ2) is 4.48. The van der Waals surface area contributed by atoms with Gasteiger partial charge in [0.2, 0.25) is 0 Å². The first-order valence-electron chi connectivity index (χ1n) is 3.44. The third-order valence-electron chi connectivity index (χ3n) is 1.41. The summed E-state index contributed by atoms with van der Waals surface area (Å²) in [6, 6.07) is 9.29. The van der Waals surface area contributed by atoms with E-state index in [0.717, 1.165) is 5.56 Å². The highest BCUT2D eigenvalue weighted by molar-refractivity contribution is 9.09. The van der Waals surface area contributed by atoms with Crippen LogP contribution in [0.5, 0.6) is 0 Å². The minimum absolute atomic E-state index is 0.0452. The summed E-state index contributed by atoms with van der Waals surface area (Å²) in [5, 5.41) is 0.292. The summed E-state index contributed by atoms with van der Waals surface area (Å²) in [6.07, 6.45) is 0. The Morgan fingerprint density at radius 1 is 1.33 bits per heavy atom. The molecule has 0 spiro atoms. The van der Waals surface area contributed by atoms with Gasteiger partial charge in [0.05, 0.1) is 10.2 Å². The van der Waals surface area contributed by atoms with Crippen molar-refractivity contribution in [3.63, 3.8) is 0 Å². The van der Waals surface area contributed by atoms with Gasteiger partial charge in [0, 0.05) is 0 Å². The number of rotatable bonds is 3. The predicted octanol–water partition coefficient (Wildman–Crippen LogP) is 2.37. The van der Waals surface area contributed by atoms with E-state index in [2.05, 4.69) is 15.9 Å². The van der Waals surface area contributed by atoms with Crippen LogP contribution in [0.1, 0.15) is 5.56 Å². The first-order valence-corrected chi connectivity index (χ1v) is 4.97. The van der Waals surface area contributed by atoms with Crippen LogP contribution in [0.3, 0.4) is 0 Å². The zero-order valence-corrected chi connectivity index (χ0v) is 8.69. The van der Waals surface area contributed by atoms with E-state index < -0.39 is 0 Å². The molecule has 62 valence electrons. The zero-order chi connectivity index (χ0) is 8.97. The number of halogens is 1. The molecular formula is C9H7BrOS. The molecule has 0 bridgehead atoms. The molecule has 0 fully saturated rings. The Balaban J connectivity index is 2.86. The lowest BCUT2D eigenvalue weighted by Crippen LogP contribution is -2.13. The molecule has 1 rings (SSSR count). The van der Waals surface area contributed by atoms with Crippen LogP contribution in [-0.4, -0.2) is 16.0 Å². The fourth-order valence-electron chi connectivity index (χ4n) is 0.811. The lowest BCUT2D eigenvalue weighted by atomic mass is 10.1. The van der Waals surface area contributed by atoms with Gasteiger partial charge >= 0.3 is 0 Å². The van der Waals surface area contributed by atoms with E-state index in [1.807, 2.05) is 30.3 Å². The summed E-state index contributed by atoms with van der Waals surface area (Å²) in [5.41, 5.74) is 0.817. The third-order valence-corrected chi connectivity index (χ3v) is 2.38. The Bertz CT molecular complexity index is 295. The topological polar surface area (TPSA) is 17.1 Å². The van der Waals surface area contributed by atoms with Crippen molar-refractivity contribution in [3.8, 4) is 0 Å². The number of benzene rings is 1. The van der Waals surface area contributed by atoms with E-state index in [0.29, 0.717) is 10.2 Å². The van der Waals surface area contributed by atoms with Crippen LogP contribution < -0.4 is 0 Å². The van der Waals surface area contributed by atoms with Crippen LogP contribution in [-0.2, 0) is 4.79 Å². The molecule has 0 aliphatic carbocycles. The average molecular weight is 243 g/mol. The third kappa shape index (κ3) is 2.22. The highest BCUT2D eigenvalue weighted by Crippen LogP contribution is 2.03. The number of hydrogen-bond donors (Lipinski definition) is 0.